The van der Waals surface area contributed by atoms with Crippen molar-refractivity contribution in [1.82, 2.24) is 4.98 Å². The van der Waals surface area contributed by atoms with Gasteiger partial charge in [0.1, 0.15) is 0 Å². The molecule has 108 valence electrons. The number of aromatic nitrogens is 1. The SMILES string of the molecule is Cc1cnc(NC(=O)c2cccc(NC(=O)C3CC3)c2)s1. The van der Waals surface area contributed by atoms with Gasteiger partial charge in [-0.3, -0.25) is 14.9 Å². The van der Waals surface area contributed by atoms with E-state index < -0.39 is 0 Å². The van der Waals surface area contributed by atoms with Crippen LogP contribution in [-0.4, -0.2) is 16.8 Å². The second-order valence-corrected chi connectivity index (χ2v) is 6.31. The Labute approximate surface area is 126 Å². The smallest absolute Gasteiger partial charge is 0.257 e. The Hall–Kier alpha value is -2.21. The summed E-state index contributed by atoms with van der Waals surface area (Å²) in [6.45, 7) is 1.93. The topological polar surface area (TPSA) is 71.1 Å². The third-order valence-corrected chi connectivity index (χ3v) is 4.01. The molecule has 1 saturated carbocycles. The van der Waals surface area contributed by atoms with E-state index in [1.807, 2.05) is 6.92 Å². The first-order valence-corrected chi connectivity index (χ1v) is 7.58. The van der Waals surface area contributed by atoms with E-state index in [0.717, 1.165) is 17.7 Å². The van der Waals surface area contributed by atoms with Gasteiger partial charge in [-0.2, -0.15) is 0 Å². The predicted octanol–water partition coefficient (Wildman–Crippen LogP) is 3.05. The van der Waals surface area contributed by atoms with Crippen molar-refractivity contribution in [3.05, 3.63) is 40.9 Å². The van der Waals surface area contributed by atoms with Gasteiger partial charge in [-0.1, -0.05) is 6.07 Å². The molecule has 1 aromatic heterocycles. The van der Waals surface area contributed by atoms with Crippen LogP contribution < -0.4 is 10.6 Å². The number of hydrogen-bond acceptors (Lipinski definition) is 4. The highest BCUT2D eigenvalue weighted by Crippen LogP contribution is 2.30. The van der Waals surface area contributed by atoms with Gasteiger partial charge in [0.2, 0.25) is 5.91 Å². The predicted molar refractivity (Wildman–Crippen MR) is 82.6 cm³/mol. The molecule has 1 heterocycles. The molecule has 3 rings (SSSR count). The number of aryl methyl sites for hydroxylation is 1. The van der Waals surface area contributed by atoms with Gasteiger partial charge in [0.15, 0.2) is 5.13 Å². The normalized spacial score (nSPS) is 13.8. The van der Waals surface area contributed by atoms with E-state index in [2.05, 4.69) is 15.6 Å². The quantitative estimate of drug-likeness (QED) is 0.911. The number of carbonyl (C=O) groups is 2. The van der Waals surface area contributed by atoms with Crippen LogP contribution >= 0.6 is 11.3 Å². The number of rotatable bonds is 4. The van der Waals surface area contributed by atoms with E-state index in [-0.39, 0.29) is 17.7 Å². The van der Waals surface area contributed by atoms with Crippen molar-refractivity contribution in [2.24, 2.45) is 5.92 Å². The largest absolute Gasteiger partial charge is 0.326 e. The maximum absolute atomic E-state index is 12.2. The summed E-state index contributed by atoms with van der Waals surface area (Å²) in [4.78, 5) is 29.0. The van der Waals surface area contributed by atoms with E-state index >= 15 is 0 Å². The first-order valence-electron chi connectivity index (χ1n) is 6.76. The van der Waals surface area contributed by atoms with Gasteiger partial charge < -0.3 is 5.32 Å². The van der Waals surface area contributed by atoms with Gasteiger partial charge in [0.25, 0.3) is 5.91 Å². The molecule has 6 heteroatoms. The molecule has 2 aromatic rings. The molecular weight excluding hydrogens is 286 g/mol. The molecule has 5 nitrogen and oxygen atoms in total. The molecule has 1 aliphatic carbocycles. The van der Waals surface area contributed by atoms with E-state index in [1.54, 1.807) is 30.5 Å². The zero-order valence-electron chi connectivity index (χ0n) is 11.6. The summed E-state index contributed by atoms with van der Waals surface area (Å²) in [5, 5.41) is 6.16. The lowest BCUT2D eigenvalue weighted by molar-refractivity contribution is -0.117. The molecule has 1 aliphatic rings. The van der Waals surface area contributed by atoms with Crippen LogP contribution in [0, 0.1) is 12.8 Å². The molecule has 0 spiro atoms. The van der Waals surface area contributed by atoms with Crippen LogP contribution in [0.2, 0.25) is 0 Å². The van der Waals surface area contributed by atoms with Crippen LogP contribution in [0.5, 0.6) is 0 Å². The lowest BCUT2D eigenvalue weighted by atomic mass is 10.2. The zero-order chi connectivity index (χ0) is 14.8. The summed E-state index contributed by atoms with van der Waals surface area (Å²) < 4.78 is 0. The maximum atomic E-state index is 12.2. The van der Waals surface area contributed by atoms with Gasteiger partial charge in [-0.05, 0) is 38.0 Å². The van der Waals surface area contributed by atoms with E-state index in [1.165, 1.54) is 11.3 Å². The molecule has 0 aliphatic heterocycles. The number of hydrogen-bond donors (Lipinski definition) is 2. The van der Waals surface area contributed by atoms with Gasteiger partial charge in [0.05, 0.1) is 0 Å². The number of carbonyl (C=O) groups excluding carboxylic acids is 2. The monoisotopic (exact) mass is 301 g/mol. The Bertz CT molecular complexity index is 692. The Kier molecular flexibility index (Phi) is 3.70. The second kappa shape index (κ2) is 5.65. The molecule has 1 fully saturated rings. The van der Waals surface area contributed by atoms with Crippen LogP contribution in [0.3, 0.4) is 0 Å². The van der Waals surface area contributed by atoms with Gasteiger partial charge in [-0.15, -0.1) is 11.3 Å². The van der Waals surface area contributed by atoms with E-state index in [4.69, 9.17) is 0 Å². The summed E-state index contributed by atoms with van der Waals surface area (Å²) in [5.41, 5.74) is 1.14. The highest BCUT2D eigenvalue weighted by molar-refractivity contribution is 7.15. The summed E-state index contributed by atoms with van der Waals surface area (Å²) in [7, 11) is 0. The summed E-state index contributed by atoms with van der Waals surface area (Å²) in [5.74, 6) is -0.0595. The molecule has 2 amide bonds. The van der Waals surface area contributed by atoms with E-state index in [0.29, 0.717) is 16.4 Å². The summed E-state index contributed by atoms with van der Waals surface area (Å²) >= 11 is 1.42. The van der Waals surface area contributed by atoms with Crippen LogP contribution in [0.25, 0.3) is 0 Å². The molecule has 21 heavy (non-hydrogen) atoms. The minimum Gasteiger partial charge on any atom is -0.326 e. The molecule has 0 unspecified atom stereocenters. The summed E-state index contributed by atoms with van der Waals surface area (Å²) in [6, 6.07) is 6.92. The first-order chi connectivity index (χ1) is 10.1. The molecule has 0 radical (unpaired) electrons. The minimum atomic E-state index is -0.230. The van der Waals surface area contributed by atoms with Gasteiger partial charge in [-0.25, -0.2) is 4.98 Å². The van der Waals surface area contributed by atoms with Crippen LogP contribution in [0.1, 0.15) is 28.1 Å². The molecule has 2 N–H and O–H groups in total. The Balaban J connectivity index is 1.69. The van der Waals surface area contributed by atoms with Crippen molar-refractivity contribution >= 4 is 34.0 Å². The highest BCUT2D eigenvalue weighted by atomic mass is 32.1. The lowest BCUT2D eigenvalue weighted by Crippen LogP contribution is -2.15. The van der Waals surface area contributed by atoms with Crippen molar-refractivity contribution in [2.45, 2.75) is 19.8 Å². The first kappa shape index (κ1) is 13.8. The summed E-state index contributed by atoms with van der Waals surface area (Å²) in [6.07, 6.45) is 3.62. The van der Waals surface area contributed by atoms with Gasteiger partial charge in [0, 0.05) is 28.2 Å². The highest BCUT2D eigenvalue weighted by Gasteiger charge is 2.29. The van der Waals surface area contributed by atoms with Crippen molar-refractivity contribution < 1.29 is 9.59 Å². The van der Waals surface area contributed by atoms with Crippen LogP contribution in [0.15, 0.2) is 30.5 Å². The van der Waals surface area contributed by atoms with Crippen molar-refractivity contribution in [2.75, 3.05) is 10.6 Å². The fraction of sp³-hybridized carbons (Fsp3) is 0.267. The Morgan fingerprint density at radius 3 is 2.76 bits per heavy atom. The van der Waals surface area contributed by atoms with Crippen molar-refractivity contribution in [1.29, 1.82) is 0 Å². The number of nitrogens with one attached hydrogen (secondary N) is 2. The number of benzene rings is 1. The third kappa shape index (κ3) is 3.46. The molecule has 0 saturated heterocycles. The number of thiazole rings is 1. The van der Waals surface area contributed by atoms with Crippen LogP contribution in [0.4, 0.5) is 10.8 Å². The minimum absolute atomic E-state index is 0.0307. The average molecular weight is 301 g/mol. The van der Waals surface area contributed by atoms with Gasteiger partial charge >= 0.3 is 0 Å². The van der Waals surface area contributed by atoms with Crippen molar-refractivity contribution in [3.8, 4) is 0 Å². The molecule has 0 atom stereocenters. The number of anilines is 2. The fourth-order valence-corrected chi connectivity index (χ4v) is 2.57. The number of amides is 2. The van der Waals surface area contributed by atoms with Crippen molar-refractivity contribution in [3.63, 3.8) is 0 Å². The third-order valence-electron chi connectivity index (χ3n) is 3.18. The van der Waals surface area contributed by atoms with Crippen LogP contribution in [-0.2, 0) is 4.79 Å². The zero-order valence-corrected chi connectivity index (χ0v) is 12.4. The Morgan fingerprint density at radius 2 is 2.10 bits per heavy atom. The molecule has 1 aromatic carbocycles. The second-order valence-electron chi connectivity index (χ2n) is 5.07. The maximum Gasteiger partial charge on any atom is 0.257 e. The average Bonchev–Trinajstić information content (AvgIpc) is 3.23. The number of nitrogens with zero attached hydrogens (tertiary/aromatic N) is 1. The fourth-order valence-electron chi connectivity index (χ4n) is 1.91. The lowest BCUT2D eigenvalue weighted by Gasteiger charge is -2.06. The molecule has 0 bridgehead atoms. The molecular formula is C15H15N3O2S. The van der Waals surface area contributed by atoms with E-state index in [9.17, 15) is 9.59 Å². The standard InChI is InChI=1S/C15H15N3O2S/c1-9-8-16-15(21-9)18-14(20)11-3-2-4-12(7-11)17-13(19)10-5-6-10/h2-4,7-8,10H,5-6H2,1H3,(H,17,19)(H,16,18,20). The Morgan fingerprint density at radius 1 is 1.29 bits per heavy atom.